The number of rotatable bonds is 2. The highest BCUT2D eigenvalue weighted by atomic mass is 16.6. The molecule has 3 nitrogen and oxygen atoms in total. The van der Waals surface area contributed by atoms with Crippen LogP contribution < -0.4 is 0 Å². The number of hydrogen-bond donors (Lipinski definition) is 0. The van der Waals surface area contributed by atoms with E-state index in [0.717, 1.165) is 5.56 Å². The van der Waals surface area contributed by atoms with Crippen molar-refractivity contribution in [3.63, 3.8) is 0 Å². The normalized spacial score (nSPS) is 16.9. The summed E-state index contributed by atoms with van der Waals surface area (Å²) in [6, 6.07) is 9.31. The van der Waals surface area contributed by atoms with E-state index in [9.17, 15) is 9.59 Å². The molecule has 0 aliphatic heterocycles. The van der Waals surface area contributed by atoms with Crippen molar-refractivity contribution < 1.29 is 14.3 Å². The van der Waals surface area contributed by atoms with Gasteiger partial charge in [-0.05, 0) is 24.3 Å². The quantitative estimate of drug-likeness (QED) is 0.728. The third-order valence-corrected chi connectivity index (χ3v) is 2.53. The molecule has 0 amide bonds. The molecule has 86 valence electrons. The van der Waals surface area contributed by atoms with Crippen LogP contribution in [0.25, 0.3) is 0 Å². The SMILES string of the molecule is CC(=O)OC1(c2ccccc2)C=CC(=O)C=C1. The predicted molar refractivity (Wildman–Crippen MR) is 63.2 cm³/mol. The van der Waals surface area contributed by atoms with Crippen LogP contribution in [0.2, 0.25) is 0 Å². The minimum absolute atomic E-state index is 0.108. The highest BCUT2D eigenvalue weighted by molar-refractivity contribution is 6.00. The Labute approximate surface area is 99.4 Å². The first-order valence-corrected chi connectivity index (χ1v) is 5.30. The Kier molecular flexibility index (Phi) is 2.91. The third-order valence-electron chi connectivity index (χ3n) is 2.53. The zero-order valence-electron chi connectivity index (χ0n) is 9.42. The first-order chi connectivity index (χ1) is 8.12. The lowest BCUT2D eigenvalue weighted by atomic mass is 9.89. The standard InChI is InChI=1S/C14H12O3/c1-11(15)17-14(9-7-13(16)8-10-14)12-5-3-2-4-6-12/h2-10H,1H3. The Hall–Kier alpha value is -2.16. The summed E-state index contributed by atoms with van der Waals surface area (Å²) in [5, 5.41) is 0. The zero-order chi connectivity index (χ0) is 12.3. The summed E-state index contributed by atoms with van der Waals surface area (Å²) < 4.78 is 5.35. The highest BCUT2D eigenvalue weighted by Crippen LogP contribution is 2.31. The minimum atomic E-state index is -0.957. The molecule has 2 rings (SSSR count). The van der Waals surface area contributed by atoms with E-state index in [1.54, 1.807) is 12.2 Å². The van der Waals surface area contributed by atoms with Crippen LogP contribution in [0.5, 0.6) is 0 Å². The van der Waals surface area contributed by atoms with Crippen LogP contribution in [0.4, 0.5) is 0 Å². The molecule has 0 atom stereocenters. The molecule has 0 unspecified atom stereocenters. The van der Waals surface area contributed by atoms with Gasteiger partial charge in [0.1, 0.15) is 0 Å². The van der Waals surface area contributed by atoms with Gasteiger partial charge >= 0.3 is 5.97 Å². The van der Waals surface area contributed by atoms with Gasteiger partial charge in [0.15, 0.2) is 11.4 Å². The van der Waals surface area contributed by atoms with Crippen LogP contribution >= 0.6 is 0 Å². The second-order valence-corrected chi connectivity index (χ2v) is 3.82. The molecule has 0 spiro atoms. The highest BCUT2D eigenvalue weighted by Gasteiger charge is 2.32. The summed E-state index contributed by atoms with van der Waals surface area (Å²) in [4.78, 5) is 22.4. The average Bonchev–Trinajstić information content (AvgIpc) is 2.33. The molecular formula is C14H12O3. The Morgan fingerprint density at radius 3 is 2.24 bits per heavy atom. The van der Waals surface area contributed by atoms with Crippen LogP contribution in [0.3, 0.4) is 0 Å². The molecule has 3 heteroatoms. The van der Waals surface area contributed by atoms with Crippen molar-refractivity contribution in [2.75, 3.05) is 0 Å². The van der Waals surface area contributed by atoms with E-state index in [1.807, 2.05) is 30.3 Å². The third kappa shape index (κ3) is 2.33. The average molecular weight is 228 g/mol. The van der Waals surface area contributed by atoms with Crippen LogP contribution in [-0.4, -0.2) is 11.8 Å². The maximum absolute atomic E-state index is 11.2. The number of allylic oxidation sites excluding steroid dienone is 2. The summed E-state index contributed by atoms with van der Waals surface area (Å²) in [6.45, 7) is 1.35. The van der Waals surface area contributed by atoms with Crippen LogP contribution in [0.15, 0.2) is 54.6 Å². The van der Waals surface area contributed by atoms with Crippen LogP contribution in [0, 0.1) is 0 Å². The number of carbonyl (C=O) groups is 2. The molecule has 1 aliphatic carbocycles. The fourth-order valence-electron chi connectivity index (χ4n) is 1.78. The lowest BCUT2D eigenvalue weighted by Crippen LogP contribution is -2.29. The van der Waals surface area contributed by atoms with Crippen molar-refractivity contribution >= 4 is 11.8 Å². The molecule has 1 aromatic rings. The molecule has 0 radical (unpaired) electrons. The smallest absolute Gasteiger partial charge is 0.304 e. The summed E-state index contributed by atoms with van der Waals surface area (Å²) in [6.07, 6.45) is 6.03. The largest absolute Gasteiger partial charge is 0.446 e. The van der Waals surface area contributed by atoms with Crippen molar-refractivity contribution in [2.24, 2.45) is 0 Å². The van der Waals surface area contributed by atoms with Gasteiger partial charge in [0.2, 0.25) is 0 Å². The van der Waals surface area contributed by atoms with Crippen LogP contribution in [0.1, 0.15) is 12.5 Å². The Morgan fingerprint density at radius 2 is 1.71 bits per heavy atom. The van der Waals surface area contributed by atoms with E-state index in [2.05, 4.69) is 0 Å². The van der Waals surface area contributed by atoms with Gasteiger partial charge in [0.05, 0.1) is 0 Å². The fourth-order valence-corrected chi connectivity index (χ4v) is 1.78. The Bertz CT molecular complexity index is 481. The van der Waals surface area contributed by atoms with E-state index in [-0.39, 0.29) is 5.78 Å². The number of benzene rings is 1. The number of carbonyl (C=O) groups excluding carboxylic acids is 2. The number of hydrogen-bond acceptors (Lipinski definition) is 3. The minimum Gasteiger partial charge on any atom is -0.446 e. The molecule has 0 heterocycles. The van der Waals surface area contributed by atoms with Gasteiger partial charge < -0.3 is 4.74 Å². The van der Waals surface area contributed by atoms with Gasteiger partial charge in [-0.3, -0.25) is 9.59 Å². The van der Waals surface area contributed by atoms with Crippen molar-refractivity contribution in [3.8, 4) is 0 Å². The molecule has 0 bridgehead atoms. The van der Waals surface area contributed by atoms with Gasteiger partial charge in [0, 0.05) is 12.5 Å². The number of ether oxygens (including phenoxy) is 1. The van der Waals surface area contributed by atoms with Crippen molar-refractivity contribution in [2.45, 2.75) is 12.5 Å². The second kappa shape index (κ2) is 4.37. The van der Waals surface area contributed by atoms with Gasteiger partial charge in [-0.25, -0.2) is 0 Å². The molecular weight excluding hydrogens is 216 g/mol. The second-order valence-electron chi connectivity index (χ2n) is 3.82. The summed E-state index contributed by atoms with van der Waals surface area (Å²) >= 11 is 0. The zero-order valence-corrected chi connectivity index (χ0v) is 9.42. The van der Waals surface area contributed by atoms with Gasteiger partial charge in [-0.15, -0.1) is 0 Å². The molecule has 17 heavy (non-hydrogen) atoms. The fraction of sp³-hybridized carbons (Fsp3) is 0.143. The summed E-state index contributed by atoms with van der Waals surface area (Å²) in [5.41, 5.74) is -0.142. The number of ketones is 1. The predicted octanol–water partition coefficient (Wildman–Crippen LogP) is 2.14. The van der Waals surface area contributed by atoms with E-state index in [0.29, 0.717) is 0 Å². The van der Waals surface area contributed by atoms with Gasteiger partial charge in [0.25, 0.3) is 0 Å². The molecule has 0 saturated carbocycles. The first-order valence-electron chi connectivity index (χ1n) is 5.30. The molecule has 0 saturated heterocycles. The van der Waals surface area contributed by atoms with Crippen molar-refractivity contribution in [3.05, 3.63) is 60.2 Å². The Morgan fingerprint density at radius 1 is 1.12 bits per heavy atom. The maximum atomic E-state index is 11.2. The molecule has 1 aliphatic rings. The number of esters is 1. The van der Waals surface area contributed by atoms with E-state index >= 15 is 0 Å². The maximum Gasteiger partial charge on any atom is 0.304 e. The van der Waals surface area contributed by atoms with E-state index in [4.69, 9.17) is 4.74 Å². The molecule has 1 aromatic carbocycles. The lowest BCUT2D eigenvalue weighted by Gasteiger charge is -2.28. The van der Waals surface area contributed by atoms with Crippen LogP contribution in [-0.2, 0) is 19.9 Å². The lowest BCUT2D eigenvalue weighted by molar-refractivity contribution is -0.149. The van der Waals surface area contributed by atoms with Gasteiger partial charge in [-0.2, -0.15) is 0 Å². The summed E-state index contributed by atoms with van der Waals surface area (Å²) in [5.74, 6) is -0.499. The van der Waals surface area contributed by atoms with E-state index < -0.39 is 11.6 Å². The molecule has 0 aromatic heterocycles. The topological polar surface area (TPSA) is 43.4 Å². The molecule has 0 N–H and O–H groups in total. The first kappa shape index (κ1) is 11.3. The van der Waals surface area contributed by atoms with E-state index in [1.165, 1.54) is 19.1 Å². The monoisotopic (exact) mass is 228 g/mol. The van der Waals surface area contributed by atoms with Crippen molar-refractivity contribution in [1.29, 1.82) is 0 Å². The van der Waals surface area contributed by atoms with Crippen molar-refractivity contribution in [1.82, 2.24) is 0 Å². The summed E-state index contributed by atoms with van der Waals surface area (Å²) in [7, 11) is 0. The Balaban J connectivity index is 2.45. The van der Waals surface area contributed by atoms with Gasteiger partial charge in [-0.1, -0.05) is 30.3 Å². The molecule has 0 fully saturated rings.